The van der Waals surface area contributed by atoms with Gasteiger partial charge in [-0.15, -0.1) is 0 Å². The van der Waals surface area contributed by atoms with Crippen molar-refractivity contribution in [2.45, 2.75) is 33.6 Å². The Bertz CT molecular complexity index is 470. The number of rotatable bonds is 5. The minimum absolute atomic E-state index is 0.0929. The van der Waals surface area contributed by atoms with Crippen LogP contribution in [0.4, 0.5) is 5.69 Å². The molecule has 1 aromatic rings. The second-order valence-electron chi connectivity index (χ2n) is 5.85. The van der Waals surface area contributed by atoms with Crippen molar-refractivity contribution in [1.29, 1.82) is 0 Å². The number of amides is 1. The lowest BCUT2D eigenvalue weighted by Gasteiger charge is -2.21. The molecule has 4 heteroatoms. The van der Waals surface area contributed by atoms with Crippen LogP contribution in [0, 0.1) is 26.7 Å². The van der Waals surface area contributed by atoms with Gasteiger partial charge in [0.05, 0.1) is 6.61 Å². The van der Waals surface area contributed by atoms with Gasteiger partial charge in [0, 0.05) is 18.9 Å². The first-order chi connectivity index (χ1) is 10.1. The molecule has 1 amide bonds. The molecule has 4 nitrogen and oxygen atoms in total. The van der Waals surface area contributed by atoms with Crippen LogP contribution in [-0.2, 0) is 14.3 Å². The third-order valence-corrected chi connectivity index (χ3v) is 4.14. The number of hydrogen-bond acceptors (Lipinski definition) is 3. The highest BCUT2D eigenvalue weighted by atomic mass is 16.5. The van der Waals surface area contributed by atoms with Crippen LogP contribution in [-0.4, -0.2) is 32.3 Å². The molecule has 0 bridgehead atoms. The van der Waals surface area contributed by atoms with Gasteiger partial charge in [0.25, 0.3) is 0 Å². The van der Waals surface area contributed by atoms with Gasteiger partial charge in [-0.05, 0) is 68.4 Å². The Morgan fingerprint density at radius 2 is 1.86 bits per heavy atom. The lowest BCUT2D eigenvalue weighted by atomic mass is 10.0. The minimum Gasteiger partial charge on any atom is -0.381 e. The van der Waals surface area contributed by atoms with E-state index in [1.807, 2.05) is 12.1 Å². The number of carbonyl (C=O) groups excluding carboxylic acids is 1. The highest BCUT2D eigenvalue weighted by Crippen LogP contribution is 2.19. The van der Waals surface area contributed by atoms with Gasteiger partial charge in [-0.2, -0.15) is 0 Å². The predicted octanol–water partition coefficient (Wildman–Crippen LogP) is 2.99. The minimum atomic E-state index is -0.0929. The average molecular weight is 291 g/mol. The van der Waals surface area contributed by atoms with Crippen LogP contribution in [0.25, 0.3) is 0 Å². The fourth-order valence-corrected chi connectivity index (χ4v) is 2.54. The summed E-state index contributed by atoms with van der Waals surface area (Å²) in [4.78, 5) is 11.9. The fourth-order valence-electron chi connectivity index (χ4n) is 2.54. The Morgan fingerprint density at radius 1 is 1.24 bits per heavy atom. The van der Waals surface area contributed by atoms with Gasteiger partial charge in [-0.25, -0.2) is 0 Å². The fraction of sp³-hybridized carbons (Fsp3) is 0.588. The molecule has 0 radical (unpaired) electrons. The van der Waals surface area contributed by atoms with E-state index in [2.05, 4.69) is 26.1 Å². The molecule has 116 valence electrons. The number of anilines is 1. The third kappa shape index (κ3) is 4.83. The zero-order valence-electron chi connectivity index (χ0n) is 13.2. The first kappa shape index (κ1) is 16.0. The summed E-state index contributed by atoms with van der Waals surface area (Å²) in [6.45, 7) is 8.57. The van der Waals surface area contributed by atoms with Crippen molar-refractivity contribution in [3.8, 4) is 0 Å². The number of hydrogen-bond donors (Lipinski definition) is 1. The van der Waals surface area contributed by atoms with Crippen molar-refractivity contribution in [3.63, 3.8) is 0 Å². The van der Waals surface area contributed by atoms with Gasteiger partial charge in [0.1, 0.15) is 6.61 Å². The standard InChI is InChI=1S/C17H25NO3/c1-12-8-16(9-13(2)14(12)3)18-17(19)11-21-10-15-4-6-20-7-5-15/h8-9,15H,4-7,10-11H2,1-3H3,(H,18,19). The molecule has 1 fully saturated rings. The quantitative estimate of drug-likeness (QED) is 0.907. The Morgan fingerprint density at radius 3 is 2.48 bits per heavy atom. The van der Waals surface area contributed by atoms with Gasteiger partial charge >= 0.3 is 0 Å². The van der Waals surface area contributed by atoms with Crippen molar-refractivity contribution in [3.05, 3.63) is 28.8 Å². The van der Waals surface area contributed by atoms with Crippen molar-refractivity contribution < 1.29 is 14.3 Å². The maximum Gasteiger partial charge on any atom is 0.250 e. The summed E-state index contributed by atoms with van der Waals surface area (Å²) < 4.78 is 10.8. The summed E-state index contributed by atoms with van der Waals surface area (Å²) in [5, 5.41) is 2.90. The summed E-state index contributed by atoms with van der Waals surface area (Å²) in [7, 11) is 0. The number of ether oxygens (including phenoxy) is 2. The highest BCUT2D eigenvalue weighted by Gasteiger charge is 2.14. The summed E-state index contributed by atoms with van der Waals surface area (Å²) >= 11 is 0. The van der Waals surface area contributed by atoms with E-state index >= 15 is 0 Å². The summed E-state index contributed by atoms with van der Waals surface area (Å²) in [5.74, 6) is 0.431. The maximum absolute atomic E-state index is 11.9. The van der Waals surface area contributed by atoms with Gasteiger partial charge in [0.2, 0.25) is 5.91 Å². The zero-order valence-corrected chi connectivity index (χ0v) is 13.2. The Labute approximate surface area is 126 Å². The van der Waals surface area contributed by atoms with Gasteiger partial charge < -0.3 is 14.8 Å². The third-order valence-electron chi connectivity index (χ3n) is 4.14. The predicted molar refractivity (Wildman–Crippen MR) is 83.6 cm³/mol. The van der Waals surface area contributed by atoms with Crippen LogP contribution < -0.4 is 5.32 Å². The van der Waals surface area contributed by atoms with Crippen LogP contribution in [0.5, 0.6) is 0 Å². The smallest absolute Gasteiger partial charge is 0.250 e. The Hall–Kier alpha value is -1.39. The Kier molecular flexibility index (Phi) is 5.76. The van der Waals surface area contributed by atoms with E-state index in [1.165, 1.54) is 16.7 Å². The Balaban J connectivity index is 1.76. The molecule has 1 aromatic carbocycles. The first-order valence-electron chi connectivity index (χ1n) is 7.59. The lowest BCUT2D eigenvalue weighted by molar-refractivity contribution is -0.121. The summed E-state index contributed by atoms with van der Waals surface area (Å²) in [5.41, 5.74) is 4.49. The molecule has 1 aliphatic rings. The molecular weight excluding hydrogens is 266 g/mol. The van der Waals surface area contributed by atoms with Crippen molar-refractivity contribution >= 4 is 11.6 Å². The largest absolute Gasteiger partial charge is 0.381 e. The lowest BCUT2D eigenvalue weighted by Crippen LogP contribution is -2.24. The number of aryl methyl sites for hydroxylation is 2. The van der Waals surface area contributed by atoms with Crippen LogP contribution >= 0.6 is 0 Å². The normalized spacial score (nSPS) is 16.0. The highest BCUT2D eigenvalue weighted by molar-refractivity contribution is 5.91. The van der Waals surface area contributed by atoms with E-state index in [-0.39, 0.29) is 12.5 Å². The number of carbonyl (C=O) groups is 1. The van der Waals surface area contributed by atoms with E-state index in [0.717, 1.165) is 31.7 Å². The molecule has 1 heterocycles. The molecule has 0 unspecified atom stereocenters. The van der Waals surface area contributed by atoms with E-state index in [4.69, 9.17) is 9.47 Å². The topological polar surface area (TPSA) is 47.6 Å². The molecule has 0 aromatic heterocycles. The van der Waals surface area contributed by atoms with Crippen LogP contribution in [0.15, 0.2) is 12.1 Å². The van der Waals surface area contributed by atoms with Gasteiger partial charge in [-0.1, -0.05) is 0 Å². The number of nitrogens with one attached hydrogen (secondary N) is 1. The summed E-state index contributed by atoms with van der Waals surface area (Å²) in [6, 6.07) is 4.00. The molecule has 0 atom stereocenters. The average Bonchev–Trinajstić information content (AvgIpc) is 2.46. The van der Waals surface area contributed by atoms with Crippen molar-refractivity contribution in [1.82, 2.24) is 0 Å². The second kappa shape index (κ2) is 7.57. The van der Waals surface area contributed by atoms with Crippen molar-refractivity contribution in [2.75, 3.05) is 31.7 Å². The summed E-state index contributed by atoms with van der Waals surface area (Å²) in [6.07, 6.45) is 2.05. The molecular formula is C17H25NO3. The molecule has 1 aliphatic heterocycles. The van der Waals surface area contributed by atoms with Crippen LogP contribution in [0.2, 0.25) is 0 Å². The van der Waals surface area contributed by atoms with Crippen molar-refractivity contribution in [2.24, 2.45) is 5.92 Å². The van der Waals surface area contributed by atoms with E-state index < -0.39 is 0 Å². The number of benzene rings is 1. The molecule has 0 saturated carbocycles. The first-order valence-corrected chi connectivity index (χ1v) is 7.59. The molecule has 0 aliphatic carbocycles. The molecule has 1 saturated heterocycles. The van der Waals surface area contributed by atoms with Gasteiger partial charge in [0.15, 0.2) is 0 Å². The van der Waals surface area contributed by atoms with Gasteiger partial charge in [-0.3, -0.25) is 4.79 Å². The van der Waals surface area contributed by atoms with E-state index in [1.54, 1.807) is 0 Å². The van der Waals surface area contributed by atoms with E-state index in [0.29, 0.717) is 12.5 Å². The zero-order chi connectivity index (χ0) is 15.2. The SMILES string of the molecule is Cc1cc(NC(=O)COCC2CCOCC2)cc(C)c1C. The second-order valence-corrected chi connectivity index (χ2v) is 5.85. The molecule has 1 N–H and O–H groups in total. The molecule has 2 rings (SSSR count). The molecule has 0 spiro atoms. The molecule has 21 heavy (non-hydrogen) atoms. The van der Waals surface area contributed by atoms with E-state index in [9.17, 15) is 4.79 Å². The monoisotopic (exact) mass is 291 g/mol. The van der Waals surface area contributed by atoms with Crippen LogP contribution in [0.1, 0.15) is 29.5 Å². The maximum atomic E-state index is 11.9. The van der Waals surface area contributed by atoms with Crippen LogP contribution in [0.3, 0.4) is 0 Å².